The summed E-state index contributed by atoms with van der Waals surface area (Å²) in [5, 5.41) is 11.6. The van der Waals surface area contributed by atoms with Crippen molar-refractivity contribution in [3.8, 4) is 6.07 Å². The molecule has 3 unspecified atom stereocenters. The Morgan fingerprint density at radius 3 is 3.17 bits per heavy atom. The molecule has 1 fully saturated rings. The number of nitrogens with zero attached hydrogens (tertiary/aromatic N) is 4. The molecule has 1 aliphatic carbocycles. The molecule has 3 aromatic heterocycles. The van der Waals surface area contributed by atoms with E-state index in [9.17, 15) is 4.79 Å². The first-order chi connectivity index (χ1) is 11.7. The highest BCUT2D eigenvalue weighted by atomic mass is 16.1. The van der Waals surface area contributed by atoms with Gasteiger partial charge >= 0.3 is 0 Å². The first kappa shape index (κ1) is 14.7. The maximum absolute atomic E-state index is 11.7. The largest absolute Gasteiger partial charge is 0.352 e. The second-order valence-electron chi connectivity index (χ2n) is 6.50. The Morgan fingerprint density at radius 1 is 1.46 bits per heavy atom. The first-order valence-corrected chi connectivity index (χ1v) is 8.13. The minimum Gasteiger partial charge on any atom is -0.352 e. The molecule has 0 bridgehead atoms. The molecule has 7 heteroatoms. The number of fused-ring (bicyclic) bond motifs is 3. The van der Waals surface area contributed by atoms with Gasteiger partial charge in [0.2, 0.25) is 5.91 Å². The number of hydrogen-bond donors (Lipinski definition) is 2. The van der Waals surface area contributed by atoms with Crippen molar-refractivity contribution in [1.29, 1.82) is 5.26 Å². The summed E-state index contributed by atoms with van der Waals surface area (Å²) < 4.78 is 2.15. The van der Waals surface area contributed by atoms with Gasteiger partial charge in [0.1, 0.15) is 6.42 Å². The average Bonchev–Trinajstić information content (AvgIpc) is 3.24. The highest BCUT2D eigenvalue weighted by Crippen LogP contribution is 2.40. The fourth-order valence-electron chi connectivity index (χ4n) is 3.88. The summed E-state index contributed by atoms with van der Waals surface area (Å²) in [6.45, 7) is 2.20. The fraction of sp³-hybridized carbons (Fsp3) is 0.412. The lowest BCUT2D eigenvalue weighted by Gasteiger charge is -2.15. The Bertz CT molecular complexity index is 949. The van der Waals surface area contributed by atoms with Crippen LogP contribution < -0.4 is 5.32 Å². The number of nitriles is 1. The van der Waals surface area contributed by atoms with Crippen molar-refractivity contribution >= 4 is 22.7 Å². The number of nitrogens with one attached hydrogen (secondary N) is 2. The molecule has 3 heterocycles. The highest BCUT2D eigenvalue weighted by molar-refractivity contribution is 5.78. The van der Waals surface area contributed by atoms with Gasteiger partial charge in [-0.2, -0.15) is 5.26 Å². The number of aromatic amines is 1. The van der Waals surface area contributed by atoms with Gasteiger partial charge in [-0.3, -0.25) is 9.20 Å². The molecule has 4 rings (SSSR count). The van der Waals surface area contributed by atoms with E-state index in [1.165, 1.54) is 0 Å². The van der Waals surface area contributed by atoms with E-state index in [1.807, 2.05) is 24.5 Å². The number of carbonyl (C=O) groups is 1. The lowest BCUT2D eigenvalue weighted by molar-refractivity contribution is -0.120. The zero-order valence-electron chi connectivity index (χ0n) is 13.4. The number of aromatic nitrogens is 4. The van der Waals surface area contributed by atoms with E-state index in [4.69, 9.17) is 5.26 Å². The molecule has 122 valence electrons. The van der Waals surface area contributed by atoms with Crippen molar-refractivity contribution in [3.05, 3.63) is 30.4 Å². The van der Waals surface area contributed by atoms with E-state index in [-0.39, 0.29) is 18.4 Å². The maximum Gasteiger partial charge on any atom is 0.234 e. The highest BCUT2D eigenvalue weighted by Gasteiger charge is 2.35. The van der Waals surface area contributed by atoms with Crippen molar-refractivity contribution in [2.24, 2.45) is 5.92 Å². The zero-order valence-corrected chi connectivity index (χ0v) is 13.4. The van der Waals surface area contributed by atoms with Crippen LogP contribution in [0.25, 0.3) is 16.8 Å². The van der Waals surface area contributed by atoms with E-state index in [0.29, 0.717) is 11.8 Å². The van der Waals surface area contributed by atoms with E-state index in [2.05, 4.69) is 31.6 Å². The Labute approximate surface area is 138 Å². The summed E-state index contributed by atoms with van der Waals surface area (Å²) in [6, 6.07) is 4.01. The second-order valence-corrected chi connectivity index (χ2v) is 6.50. The Morgan fingerprint density at radius 2 is 2.33 bits per heavy atom. The van der Waals surface area contributed by atoms with Gasteiger partial charge in [0.25, 0.3) is 0 Å². The summed E-state index contributed by atoms with van der Waals surface area (Å²) in [5.41, 5.74) is 3.85. The molecule has 3 atom stereocenters. The molecular weight excluding hydrogens is 304 g/mol. The predicted molar refractivity (Wildman–Crippen MR) is 88.1 cm³/mol. The van der Waals surface area contributed by atoms with Crippen LogP contribution in [0.5, 0.6) is 0 Å². The van der Waals surface area contributed by atoms with Gasteiger partial charge < -0.3 is 10.3 Å². The summed E-state index contributed by atoms with van der Waals surface area (Å²) in [7, 11) is 0. The summed E-state index contributed by atoms with van der Waals surface area (Å²) in [5.74, 6) is 0.554. The van der Waals surface area contributed by atoms with Crippen LogP contribution in [0.2, 0.25) is 0 Å². The van der Waals surface area contributed by atoms with Crippen LogP contribution in [0.15, 0.2) is 24.7 Å². The Hall–Kier alpha value is -2.88. The molecule has 1 amide bonds. The normalized spacial score (nSPS) is 23.6. The molecule has 0 saturated heterocycles. The smallest absolute Gasteiger partial charge is 0.234 e. The summed E-state index contributed by atoms with van der Waals surface area (Å²) in [6.07, 6.45) is 7.26. The topological polar surface area (TPSA) is 98.9 Å². The lowest BCUT2D eigenvalue weighted by atomic mass is 9.95. The number of rotatable bonds is 3. The zero-order chi connectivity index (χ0) is 16.7. The SMILES string of the molecule is CC1CC(NC(=O)CC#N)CC1c1cnc2cnc3[nH]ccc3n12. The first-order valence-electron chi connectivity index (χ1n) is 8.13. The minimum absolute atomic E-state index is 0.0825. The monoisotopic (exact) mass is 322 g/mol. The summed E-state index contributed by atoms with van der Waals surface area (Å²) >= 11 is 0. The molecule has 0 aromatic carbocycles. The summed E-state index contributed by atoms with van der Waals surface area (Å²) in [4.78, 5) is 23.7. The van der Waals surface area contributed by atoms with Crippen molar-refractivity contribution < 1.29 is 4.79 Å². The van der Waals surface area contributed by atoms with Gasteiger partial charge in [0.05, 0.1) is 17.8 Å². The fourth-order valence-corrected chi connectivity index (χ4v) is 3.88. The molecule has 1 aliphatic rings. The number of carbonyl (C=O) groups excluding carboxylic acids is 1. The van der Waals surface area contributed by atoms with Crippen molar-refractivity contribution in [3.63, 3.8) is 0 Å². The van der Waals surface area contributed by atoms with Crippen molar-refractivity contribution in [1.82, 2.24) is 24.7 Å². The van der Waals surface area contributed by atoms with Gasteiger partial charge in [-0.1, -0.05) is 6.92 Å². The maximum atomic E-state index is 11.7. The number of amides is 1. The molecule has 0 radical (unpaired) electrons. The Balaban J connectivity index is 1.67. The molecule has 0 aliphatic heterocycles. The number of H-pyrrole nitrogens is 1. The molecule has 1 saturated carbocycles. The molecular formula is C17H18N6O. The molecule has 3 aromatic rings. The molecule has 2 N–H and O–H groups in total. The van der Waals surface area contributed by atoms with Crippen LogP contribution in [0.3, 0.4) is 0 Å². The second kappa shape index (κ2) is 5.64. The lowest BCUT2D eigenvalue weighted by Crippen LogP contribution is -2.32. The van der Waals surface area contributed by atoms with E-state index in [1.54, 1.807) is 6.20 Å². The molecule has 7 nitrogen and oxygen atoms in total. The number of imidazole rings is 1. The van der Waals surface area contributed by atoms with Crippen LogP contribution in [-0.2, 0) is 4.79 Å². The third-order valence-electron chi connectivity index (χ3n) is 4.94. The average molecular weight is 322 g/mol. The molecule has 0 spiro atoms. The predicted octanol–water partition coefficient (Wildman–Crippen LogP) is 2.12. The van der Waals surface area contributed by atoms with E-state index in [0.717, 1.165) is 35.3 Å². The van der Waals surface area contributed by atoms with E-state index < -0.39 is 0 Å². The van der Waals surface area contributed by atoms with Crippen LogP contribution in [-0.4, -0.2) is 31.3 Å². The third-order valence-corrected chi connectivity index (χ3v) is 4.94. The van der Waals surface area contributed by atoms with Gasteiger partial charge in [0, 0.05) is 30.0 Å². The number of hydrogen-bond acceptors (Lipinski definition) is 4. The quantitative estimate of drug-likeness (QED) is 0.771. The van der Waals surface area contributed by atoms with Crippen LogP contribution in [0.1, 0.15) is 37.8 Å². The van der Waals surface area contributed by atoms with E-state index >= 15 is 0 Å². The molecule has 24 heavy (non-hydrogen) atoms. The Kier molecular flexibility index (Phi) is 3.45. The van der Waals surface area contributed by atoms with Crippen LogP contribution in [0.4, 0.5) is 0 Å². The van der Waals surface area contributed by atoms with Crippen molar-refractivity contribution in [2.45, 2.75) is 38.1 Å². The standard InChI is InChI=1S/C17H18N6O/c1-10-6-11(22-16(24)2-4-18)7-12(10)14-8-20-15-9-21-17-13(23(14)15)3-5-19-17/h3,5,8-12,19H,2,6-7H2,1H3,(H,22,24). The van der Waals surface area contributed by atoms with Gasteiger partial charge in [-0.05, 0) is 24.8 Å². The van der Waals surface area contributed by atoms with Crippen LogP contribution >= 0.6 is 0 Å². The van der Waals surface area contributed by atoms with Crippen molar-refractivity contribution in [2.75, 3.05) is 0 Å². The van der Waals surface area contributed by atoms with Crippen LogP contribution in [0, 0.1) is 17.2 Å². The van der Waals surface area contributed by atoms with Gasteiger partial charge in [0.15, 0.2) is 11.3 Å². The van der Waals surface area contributed by atoms with Gasteiger partial charge in [-0.25, -0.2) is 9.97 Å². The third kappa shape index (κ3) is 2.31. The minimum atomic E-state index is -0.189. The van der Waals surface area contributed by atoms with Gasteiger partial charge in [-0.15, -0.1) is 0 Å².